The Morgan fingerprint density at radius 2 is 2.20 bits per heavy atom. The minimum Gasteiger partial charge on any atom is -0.365 e. The van der Waals surface area contributed by atoms with E-state index in [2.05, 4.69) is 15.3 Å². The first-order chi connectivity index (χ1) is 9.57. The molecule has 0 spiro atoms. The number of ether oxygens (including phenoxy) is 1. The molecule has 1 N–H and O–H groups in total. The summed E-state index contributed by atoms with van der Waals surface area (Å²) in [6.07, 6.45) is 5.43. The van der Waals surface area contributed by atoms with Gasteiger partial charge in [0.1, 0.15) is 11.4 Å². The summed E-state index contributed by atoms with van der Waals surface area (Å²) in [6, 6.07) is 1.70. The van der Waals surface area contributed by atoms with Crippen LogP contribution in [-0.2, 0) is 9.53 Å². The maximum atomic E-state index is 12.5. The minimum absolute atomic E-state index is 0.0133. The molecular formula is C15H23N3O2. The van der Waals surface area contributed by atoms with E-state index >= 15 is 0 Å². The molecule has 110 valence electrons. The molecule has 1 fully saturated rings. The molecule has 20 heavy (non-hydrogen) atoms. The molecule has 1 atom stereocenters. The molecule has 1 amide bonds. The molecule has 2 rings (SSSR count). The smallest absolute Gasteiger partial charge is 0.252 e. The van der Waals surface area contributed by atoms with Crippen molar-refractivity contribution in [1.82, 2.24) is 15.3 Å². The number of aryl methyl sites for hydroxylation is 1. The van der Waals surface area contributed by atoms with Crippen molar-refractivity contribution in [1.29, 1.82) is 0 Å². The Labute approximate surface area is 120 Å². The molecule has 5 nitrogen and oxygen atoms in total. The Balaban J connectivity index is 2.06. The van der Waals surface area contributed by atoms with Gasteiger partial charge in [0, 0.05) is 12.8 Å². The molecule has 1 aromatic rings. The Morgan fingerprint density at radius 1 is 1.50 bits per heavy atom. The van der Waals surface area contributed by atoms with Gasteiger partial charge in [-0.3, -0.25) is 4.79 Å². The number of hydrogen-bond donors (Lipinski definition) is 1. The van der Waals surface area contributed by atoms with E-state index < -0.39 is 5.60 Å². The van der Waals surface area contributed by atoms with Crippen LogP contribution in [0.4, 0.5) is 0 Å². The molecule has 5 heteroatoms. The van der Waals surface area contributed by atoms with Crippen LogP contribution in [0.25, 0.3) is 0 Å². The summed E-state index contributed by atoms with van der Waals surface area (Å²) in [7, 11) is 0. The second-order valence-corrected chi connectivity index (χ2v) is 5.36. The van der Waals surface area contributed by atoms with E-state index in [9.17, 15) is 4.79 Å². The van der Waals surface area contributed by atoms with E-state index in [0.29, 0.717) is 12.4 Å². The van der Waals surface area contributed by atoms with Gasteiger partial charge in [0.25, 0.3) is 5.91 Å². The van der Waals surface area contributed by atoms with Crippen molar-refractivity contribution < 1.29 is 9.53 Å². The molecule has 0 bridgehead atoms. The zero-order valence-electron chi connectivity index (χ0n) is 12.5. The van der Waals surface area contributed by atoms with Crippen LogP contribution in [0.2, 0.25) is 0 Å². The summed E-state index contributed by atoms with van der Waals surface area (Å²) in [5.74, 6) is 0.699. The van der Waals surface area contributed by atoms with Crippen LogP contribution in [0.1, 0.15) is 57.1 Å². The fourth-order valence-electron chi connectivity index (χ4n) is 2.78. The molecule has 0 radical (unpaired) electrons. The highest BCUT2D eigenvalue weighted by Gasteiger charge is 2.42. The highest BCUT2D eigenvalue weighted by atomic mass is 16.5. The lowest BCUT2D eigenvalue weighted by molar-refractivity contribution is -0.146. The van der Waals surface area contributed by atoms with E-state index in [4.69, 9.17) is 4.74 Å². The van der Waals surface area contributed by atoms with E-state index in [1.165, 1.54) is 0 Å². The number of amides is 1. The largest absolute Gasteiger partial charge is 0.365 e. The first-order valence-corrected chi connectivity index (χ1v) is 7.32. The van der Waals surface area contributed by atoms with Gasteiger partial charge in [-0.1, -0.05) is 0 Å². The van der Waals surface area contributed by atoms with Crippen LogP contribution < -0.4 is 5.32 Å². The van der Waals surface area contributed by atoms with Crippen molar-refractivity contribution in [3.8, 4) is 0 Å². The molecule has 1 saturated carbocycles. The second kappa shape index (κ2) is 6.31. The predicted octanol–water partition coefficient (Wildman–Crippen LogP) is 2.31. The zero-order chi connectivity index (χ0) is 14.6. The van der Waals surface area contributed by atoms with Crippen LogP contribution in [0.3, 0.4) is 0 Å². The standard InChI is InChI=1S/C15H23N3O2/c1-4-20-15(8-5-6-9-15)14(19)17-11(2)13-7-10-16-12(3)18-13/h7,10-11H,4-6,8-9H2,1-3H3,(H,17,19). The van der Waals surface area contributed by atoms with Crippen molar-refractivity contribution >= 4 is 5.91 Å². The highest BCUT2D eigenvalue weighted by Crippen LogP contribution is 2.34. The number of carbonyl (C=O) groups is 1. The topological polar surface area (TPSA) is 64.1 Å². The van der Waals surface area contributed by atoms with Gasteiger partial charge in [0.05, 0.1) is 11.7 Å². The third-order valence-electron chi connectivity index (χ3n) is 3.83. The molecular weight excluding hydrogens is 254 g/mol. The normalized spacial score (nSPS) is 18.8. The molecule has 0 aliphatic heterocycles. The molecule has 0 aromatic carbocycles. The van der Waals surface area contributed by atoms with E-state index in [1.807, 2.05) is 26.8 Å². The quantitative estimate of drug-likeness (QED) is 0.897. The van der Waals surface area contributed by atoms with Crippen molar-refractivity contribution in [2.45, 2.75) is 58.1 Å². The molecule has 1 aliphatic rings. The van der Waals surface area contributed by atoms with E-state index in [0.717, 1.165) is 31.4 Å². The van der Waals surface area contributed by atoms with Crippen LogP contribution in [-0.4, -0.2) is 28.1 Å². The maximum absolute atomic E-state index is 12.5. The number of hydrogen-bond acceptors (Lipinski definition) is 4. The van der Waals surface area contributed by atoms with Gasteiger partial charge in [0.2, 0.25) is 0 Å². The fraction of sp³-hybridized carbons (Fsp3) is 0.667. The van der Waals surface area contributed by atoms with Crippen molar-refractivity contribution in [3.05, 3.63) is 23.8 Å². The van der Waals surface area contributed by atoms with Gasteiger partial charge < -0.3 is 10.1 Å². The average molecular weight is 277 g/mol. The van der Waals surface area contributed by atoms with Gasteiger partial charge in [0.15, 0.2) is 0 Å². The molecule has 0 saturated heterocycles. The Hall–Kier alpha value is -1.49. The lowest BCUT2D eigenvalue weighted by Crippen LogP contribution is -2.47. The summed E-state index contributed by atoms with van der Waals surface area (Å²) in [4.78, 5) is 21.0. The fourth-order valence-corrected chi connectivity index (χ4v) is 2.78. The van der Waals surface area contributed by atoms with Gasteiger partial charge in [-0.15, -0.1) is 0 Å². The van der Waals surface area contributed by atoms with E-state index in [1.54, 1.807) is 6.20 Å². The van der Waals surface area contributed by atoms with Gasteiger partial charge >= 0.3 is 0 Å². The van der Waals surface area contributed by atoms with Crippen LogP contribution >= 0.6 is 0 Å². The van der Waals surface area contributed by atoms with Crippen molar-refractivity contribution in [2.24, 2.45) is 0 Å². The summed E-state index contributed by atoms with van der Waals surface area (Å²) >= 11 is 0. The maximum Gasteiger partial charge on any atom is 0.252 e. The lowest BCUT2D eigenvalue weighted by Gasteiger charge is -2.29. The highest BCUT2D eigenvalue weighted by molar-refractivity contribution is 5.85. The molecule has 1 heterocycles. The Morgan fingerprint density at radius 3 is 2.80 bits per heavy atom. The number of rotatable bonds is 5. The SMILES string of the molecule is CCOC1(C(=O)NC(C)c2ccnc(C)n2)CCCC1. The van der Waals surface area contributed by atoms with Crippen LogP contribution in [0, 0.1) is 6.92 Å². The third-order valence-corrected chi connectivity index (χ3v) is 3.83. The van der Waals surface area contributed by atoms with Gasteiger partial charge in [-0.05, 0) is 52.5 Å². The van der Waals surface area contributed by atoms with Gasteiger partial charge in [-0.25, -0.2) is 9.97 Å². The molecule has 1 aromatic heterocycles. The summed E-state index contributed by atoms with van der Waals surface area (Å²) in [5, 5.41) is 3.04. The van der Waals surface area contributed by atoms with Crippen LogP contribution in [0.5, 0.6) is 0 Å². The molecule has 1 unspecified atom stereocenters. The number of aromatic nitrogens is 2. The summed E-state index contributed by atoms with van der Waals surface area (Å²) in [5.41, 5.74) is 0.195. The second-order valence-electron chi connectivity index (χ2n) is 5.36. The van der Waals surface area contributed by atoms with Gasteiger partial charge in [-0.2, -0.15) is 0 Å². The monoisotopic (exact) mass is 277 g/mol. The average Bonchev–Trinajstić information content (AvgIpc) is 2.89. The molecule has 1 aliphatic carbocycles. The number of carbonyl (C=O) groups excluding carboxylic acids is 1. The number of nitrogens with zero attached hydrogens (tertiary/aromatic N) is 2. The van der Waals surface area contributed by atoms with Crippen molar-refractivity contribution in [3.63, 3.8) is 0 Å². The van der Waals surface area contributed by atoms with Crippen molar-refractivity contribution in [2.75, 3.05) is 6.61 Å². The summed E-state index contributed by atoms with van der Waals surface area (Å²) < 4.78 is 5.77. The zero-order valence-corrected chi connectivity index (χ0v) is 12.5. The Kier molecular flexibility index (Phi) is 4.70. The first kappa shape index (κ1) is 14.9. The lowest BCUT2D eigenvalue weighted by atomic mass is 10.00. The van der Waals surface area contributed by atoms with E-state index in [-0.39, 0.29) is 11.9 Å². The first-order valence-electron chi connectivity index (χ1n) is 7.32. The third kappa shape index (κ3) is 3.15. The number of nitrogens with one attached hydrogen (secondary N) is 1. The minimum atomic E-state index is -0.634. The predicted molar refractivity (Wildman–Crippen MR) is 76.2 cm³/mol. The summed E-state index contributed by atoms with van der Waals surface area (Å²) in [6.45, 7) is 6.28. The van der Waals surface area contributed by atoms with Crippen LogP contribution in [0.15, 0.2) is 12.3 Å². The Bertz CT molecular complexity index is 470.